The van der Waals surface area contributed by atoms with Crippen molar-refractivity contribution in [2.45, 2.75) is 22.5 Å². The smallest absolute Gasteiger partial charge is 0.403 e. The Morgan fingerprint density at radius 1 is 0.483 bits per heavy atom. The lowest BCUT2D eigenvalue weighted by atomic mass is 10.0. The first-order valence-electron chi connectivity index (χ1n) is 15.7. The van der Waals surface area contributed by atoms with E-state index < -0.39 is 88.4 Å². The van der Waals surface area contributed by atoms with E-state index in [1.807, 2.05) is 0 Å². The Kier molecular flexibility index (Phi) is 10.3. The highest BCUT2D eigenvalue weighted by molar-refractivity contribution is 7.86. The summed E-state index contributed by atoms with van der Waals surface area (Å²) in [7, 11) is -9.99. The third kappa shape index (κ3) is 8.34. The summed E-state index contributed by atoms with van der Waals surface area (Å²) in [6.07, 6.45) is -10.7. The second-order valence-corrected chi connectivity index (χ2v) is 14.6. The van der Waals surface area contributed by atoms with Crippen molar-refractivity contribution >= 4 is 87.3 Å². The third-order valence-electron chi connectivity index (χ3n) is 8.17. The summed E-state index contributed by atoms with van der Waals surface area (Å²) in [4.78, 5) is -1.58. The molecule has 6 aromatic rings. The quantitative estimate of drug-likeness (QED) is 0.0344. The molecule has 0 atom stereocenters. The maximum atomic E-state index is 13.6. The lowest BCUT2D eigenvalue weighted by Gasteiger charge is -2.15. The minimum absolute atomic E-state index is 0.0484. The van der Waals surface area contributed by atoms with E-state index >= 15 is 0 Å². The zero-order valence-electron chi connectivity index (χ0n) is 28.6. The van der Waals surface area contributed by atoms with Crippen LogP contribution in [0.5, 0.6) is 11.5 Å². The largest absolute Gasteiger partial charge is 0.573 e. The summed E-state index contributed by atoms with van der Waals surface area (Å²) in [5, 5.41) is 14.9. The molecule has 6 rings (SSSR count). The molecule has 0 heterocycles. The molecule has 0 bridgehead atoms. The van der Waals surface area contributed by atoms with Gasteiger partial charge in [-0.15, -0.1) is 46.8 Å². The Hall–Kier alpha value is -6.76. The van der Waals surface area contributed by atoms with Gasteiger partial charge in [-0.05, 0) is 35.4 Å². The van der Waals surface area contributed by atoms with Crippen molar-refractivity contribution < 1.29 is 61.8 Å². The van der Waals surface area contributed by atoms with E-state index in [4.69, 9.17) is 22.9 Å². The number of rotatable bonds is 9. The maximum absolute atomic E-state index is 13.6. The lowest BCUT2D eigenvalue weighted by Crippen LogP contribution is -2.17. The van der Waals surface area contributed by atoms with Crippen molar-refractivity contribution in [1.82, 2.24) is 0 Å². The molecule has 24 heteroatoms. The van der Waals surface area contributed by atoms with Crippen molar-refractivity contribution in [3.8, 4) is 22.6 Å². The number of nitrogen functional groups attached to an aromatic ring is 4. The van der Waals surface area contributed by atoms with Gasteiger partial charge in [0.25, 0.3) is 20.2 Å². The summed E-state index contributed by atoms with van der Waals surface area (Å²) in [6, 6.07) is 16.6. The number of fused-ring (bicyclic) bond motifs is 2. The predicted molar refractivity (Wildman–Crippen MR) is 199 cm³/mol. The molecule has 0 aliphatic carbocycles. The zero-order valence-corrected chi connectivity index (χ0v) is 30.2. The summed E-state index contributed by atoms with van der Waals surface area (Å²) < 4.78 is 158. The fourth-order valence-electron chi connectivity index (χ4n) is 5.83. The van der Waals surface area contributed by atoms with E-state index in [9.17, 15) is 52.3 Å². The molecule has 302 valence electrons. The van der Waals surface area contributed by atoms with Crippen molar-refractivity contribution in [3.63, 3.8) is 0 Å². The topological polar surface area (TPSA) is 281 Å². The Labute approximate surface area is 321 Å². The Bertz CT molecular complexity index is 2750. The molecule has 16 nitrogen and oxygen atoms in total. The molecule has 10 N–H and O–H groups in total. The average Bonchev–Trinajstić information content (AvgIpc) is 3.10. The van der Waals surface area contributed by atoms with Crippen LogP contribution in [-0.2, 0) is 20.2 Å². The van der Waals surface area contributed by atoms with Crippen LogP contribution in [0.4, 0.5) is 71.8 Å². The molecule has 0 saturated heterocycles. The molecular weight excluding hydrogens is 827 g/mol. The van der Waals surface area contributed by atoms with Crippen LogP contribution in [0.1, 0.15) is 0 Å². The number of halogens is 6. The minimum Gasteiger partial charge on any atom is -0.403 e. The number of nitrogens with two attached hydrogens (primary N) is 4. The Morgan fingerprint density at radius 2 is 0.810 bits per heavy atom. The number of ether oxygens (including phenoxy) is 2. The maximum Gasteiger partial charge on any atom is 0.573 e. The molecule has 58 heavy (non-hydrogen) atoms. The summed E-state index contributed by atoms with van der Waals surface area (Å²) >= 11 is 0. The number of anilines is 4. The van der Waals surface area contributed by atoms with E-state index in [1.54, 1.807) is 0 Å². The fourth-order valence-corrected chi connectivity index (χ4v) is 7.49. The van der Waals surface area contributed by atoms with E-state index in [-0.39, 0.29) is 44.0 Å². The van der Waals surface area contributed by atoms with Gasteiger partial charge in [-0.25, -0.2) is 0 Å². The number of hydrogen-bond donors (Lipinski definition) is 6. The normalized spacial score (nSPS) is 12.9. The van der Waals surface area contributed by atoms with Gasteiger partial charge >= 0.3 is 12.7 Å². The van der Waals surface area contributed by atoms with Crippen LogP contribution in [0.15, 0.2) is 115 Å². The van der Waals surface area contributed by atoms with E-state index in [1.165, 1.54) is 48.5 Å². The van der Waals surface area contributed by atoms with Gasteiger partial charge in [0.1, 0.15) is 32.5 Å². The Balaban J connectivity index is 1.45. The fraction of sp³-hybridized carbons (Fsp3) is 0.0588. The van der Waals surface area contributed by atoms with Crippen molar-refractivity contribution in [2.75, 3.05) is 22.9 Å². The first kappa shape index (κ1) is 40.9. The molecule has 6 aromatic carbocycles. The van der Waals surface area contributed by atoms with E-state index in [0.29, 0.717) is 0 Å². The first-order chi connectivity index (χ1) is 26.9. The molecule has 0 fully saturated rings. The van der Waals surface area contributed by atoms with Crippen LogP contribution in [0.3, 0.4) is 0 Å². The predicted octanol–water partition coefficient (Wildman–Crippen LogP) is 9.11. The lowest BCUT2D eigenvalue weighted by molar-refractivity contribution is -0.275. The van der Waals surface area contributed by atoms with Gasteiger partial charge < -0.3 is 32.4 Å². The molecular formula is C34H24F6N8O8S2. The van der Waals surface area contributed by atoms with Crippen molar-refractivity contribution in [3.05, 3.63) is 84.9 Å². The minimum atomic E-state index is -5.35. The molecule has 0 aliphatic heterocycles. The van der Waals surface area contributed by atoms with Crippen LogP contribution in [0.2, 0.25) is 0 Å². The molecule has 0 aliphatic rings. The number of nitrogens with zero attached hydrogens (tertiary/aromatic N) is 4. The van der Waals surface area contributed by atoms with Crippen molar-refractivity contribution in [2.24, 2.45) is 20.5 Å². The van der Waals surface area contributed by atoms with Gasteiger partial charge in [0.15, 0.2) is 11.5 Å². The van der Waals surface area contributed by atoms with Crippen LogP contribution in [0.25, 0.3) is 32.7 Å². The second kappa shape index (κ2) is 14.6. The van der Waals surface area contributed by atoms with Gasteiger partial charge in [0.05, 0.1) is 22.7 Å². The number of alkyl halides is 6. The van der Waals surface area contributed by atoms with Gasteiger partial charge in [-0.2, -0.15) is 16.8 Å². The van der Waals surface area contributed by atoms with Crippen LogP contribution < -0.4 is 32.4 Å². The monoisotopic (exact) mass is 850 g/mol. The molecule has 0 saturated carbocycles. The molecule has 0 unspecified atom stereocenters. The second-order valence-electron chi connectivity index (χ2n) is 11.9. The van der Waals surface area contributed by atoms with Crippen LogP contribution in [0, 0.1) is 0 Å². The molecule has 0 amide bonds. The highest BCUT2D eigenvalue weighted by Gasteiger charge is 2.34. The van der Waals surface area contributed by atoms with Gasteiger partial charge in [-0.1, -0.05) is 60.7 Å². The van der Waals surface area contributed by atoms with E-state index in [0.717, 1.165) is 36.4 Å². The molecule has 0 spiro atoms. The number of hydrogen-bond acceptors (Lipinski definition) is 14. The van der Waals surface area contributed by atoms with Crippen molar-refractivity contribution in [1.29, 1.82) is 0 Å². The summed E-state index contributed by atoms with van der Waals surface area (Å²) in [5.74, 6) is -2.08. The van der Waals surface area contributed by atoms with Crippen LogP contribution in [-0.4, -0.2) is 38.7 Å². The van der Waals surface area contributed by atoms with Crippen LogP contribution >= 0.6 is 0 Å². The zero-order chi connectivity index (χ0) is 42.5. The van der Waals surface area contributed by atoms with Gasteiger partial charge in [0.2, 0.25) is 0 Å². The highest BCUT2D eigenvalue weighted by Crippen LogP contribution is 2.47. The third-order valence-corrected chi connectivity index (χ3v) is 10.1. The van der Waals surface area contributed by atoms with Gasteiger partial charge in [0, 0.05) is 21.5 Å². The van der Waals surface area contributed by atoms with E-state index in [2.05, 4.69) is 29.9 Å². The molecule has 0 radical (unpaired) electrons. The average molecular weight is 851 g/mol. The highest BCUT2D eigenvalue weighted by atomic mass is 32.2. The summed E-state index contributed by atoms with van der Waals surface area (Å²) in [6.45, 7) is 0. The summed E-state index contributed by atoms with van der Waals surface area (Å²) in [5.41, 5.74) is 19.6. The number of benzene rings is 6. The molecule has 0 aromatic heterocycles. The van der Waals surface area contributed by atoms with Gasteiger partial charge in [-0.3, -0.25) is 9.11 Å². The first-order valence-corrected chi connectivity index (χ1v) is 18.6. The standard InChI is InChI=1S/C34H24F6N8O8S2/c35-33(36,37)55-23-13-15(9-11-21(23)45-47-29-25(41)17-5-1-3-7-19(17)31(27(29)43)57(49,50)51)16-10-12-22(24(14-16)56-34(38,39)40)46-48-30-26(42)18-6-2-4-8-20(18)32(28(30)44)58(52,53)54/h1-14H,41-44H2,(H,49,50,51)(H,52,53,54)/b47-45+,48-46+. The number of azo groups is 2. The Morgan fingerprint density at radius 3 is 1.12 bits per heavy atom. The SMILES string of the molecule is Nc1c(/N=N/c2ccc(-c3ccc(/N=N/c4c(N)c(S(=O)(=O)O)c5ccccc5c4N)c(OC(F)(F)F)c3)cc2OC(F)(F)F)c(N)c2ccccc2c1S(=O)(=O)O.